The maximum absolute atomic E-state index is 12.1. The topological polar surface area (TPSA) is 36.4 Å². The summed E-state index contributed by atoms with van der Waals surface area (Å²) in [5, 5.41) is 5.67. The van der Waals surface area contributed by atoms with Gasteiger partial charge in [0.1, 0.15) is 0 Å². The first-order valence-corrected chi connectivity index (χ1v) is 6.54. The third-order valence-electron chi connectivity index (χ3n) is 2.87. The number of halogens is 4. The van der Waals surface area contributed by atoms with Crippen molar-refractivity contribution in [2.45, 2.75) is 32.5 Å². The molecule has 0 unspecified atom stereocenters. The van der Waals surface area contributed by atoms with Gasteiger partial charge in [0.25, 0.3) is 0 Å². The SMILES string of the molecule is CCc1ccccc1CNC(=NC)NCCC(F)(F)F.I. The monoisotopic (exact) mass is 415 g/mol. The van der Waals surface area contributed by atoms with E-state index in [4.69, 9.17) is 0 Å². The minimum Gasteiger partial charge on any atom is -0.356 e. The third kappa shape index (κ3) is 8.13. The predicted octanol–water partition coefficient (Wildman–Crippen LogP) is 3.48. The standard InChI is InChI=1S/C14H20F3N3.HI/c1-3-11-6-4-5-7-12(11)10-20-13(18-2)19-9-8-14(15,16)17;/h4-7H,3,8-10H2,1-2H3,(H2,18,19,20);1H. The number of hydrogen-bond donors (Lipinski definition) is 2. The summed E-state index contributed by atoms with van der Waals surface area (Å²) in [7, 11) is 1.54. The molecule has 120 valence electrons. The van der Waals surface area contributed by atoms with Crippen molar-refractivity contribution in [2.24, 2.45) is 4.99 Å². The van der Waals surface area contributed by atoms with Gasteiger partial charge >= 0.3 is 6.18 Å². The number of guanidine groups is 1. The van der Waals surface area contributed by atoms with Gasteiger partial charge in [-0.1, -0.05) is 31.2 Å². The van der Waals surface area contributed by atoms with E-state index in [0.29, 0.717) is 12.5 Å². The summed E-state index contributed by atoms with van der Waals surface area (Å²) < 4.78 is 36.2. The van der Waals surface area contributed by atoms with Crippen LogP contribution in [0, 0.1) is 0 Å². The molecule has 2 N–H and O–H groups in total. The lowest BCUT2D eigenvalue weighted by Gasteiger charge is -2.14. The van der Waals surface area contributed by atoms with Gasteiger partial charge in [-0.2, -0.15) is 13.2 Å². The smallest absolute Gasteiger partial charge is 0.356 e. The lowest BCUT2D eigenvalue weighted by Crippen LogP contribution is -2.38. The molecule has 1 aromatic rings. The van der Waals surface area contributed by atoms with Crippen LogP contribution >= 0.6 is 24.0 Å². The molecule has 0 aliphatic rings. The van der Waals surface area contributed by atoms with E-state index in [0.717, 1.165) is 12.0 Å². The van der Waals surface area contributed by atoms with Crippen molar-refractivity contribution >= 4 is 29.9 Å². The zero-order valence-corrected chi connectivity index (χ0v) is 14.5. The fourth-order valence-electron chi connectivity index (χ4n) is 1.80. The van der Waals surface area contributed by atoms with E-state index >= 15 is 0 Å². The van der Waals surface area contributed by atoms with Crippen LogP contribution in [0.15, 0.2) is 29.3 Å². The zero-order valence-electron chi connectivity index (χ0n) is 12.1. The molecule has 0 atom stereocenters. The third-order valence-corrected chi connectivity index (χ3v) is 2.87. The second kappa shape index (κ2) is 9.86. The molecule has 0 heterocycles. The van der Waals surface area contributed by atoms with Gasteiger partial charge in [-0.3, -0.25) is 4.99 Å². The van der Waals surface area contributed by atoms with Gasteiger partial charge in [-0.05, 0) is 17.5 Å². The average Bonchev–Trinajstić information content (AvgIpc) is 2.41. The number of nitrogens with one attached hydrogen (secondary N) is 2. The number of benzene rings is 1. The summed E-state index contributed by atoms with van der Waals surface area (Å²) in [6, 6.07) is 7.94. The highest BCUT2D eigenvalue weighted by Gasteiger charge is 2.26. The second-order valence-corrected chi connectivity index (χ2v) is 4.34. The van der Waals surface area contributed by atoms with Crippen LogP contribution in [0.4, 0.5) is 13.2 Å². The van der Waals surface area contributed by atoms with Crippen LogP contribution in [-0.2, 0) is 13.0 Å². The van der Waals surface area contributed by atoms with Gasteiger partial charge in [-0.15, -0.1) is 24.0 Å². The minimum atomic E-state index is -4.15. The molecule has 0 bridgehead atoms. The average molecular weight is 415 g/mol. The molecule has 0 saturated carbocycles. The first-order valence-electron chi connectivity index (χ1n) is 6.54. The van der Waals surface area contributed by atoms with Crippen molar-refractivity contribution in [3.8, 4) is 0 Å². The van der Waals surface area contributed by atoms with E-state index in [1.165, 1.54) is 12.6 Å². The van der Waals surface area contributed by atoms with Gasteiger partial charge in [0.15, 0.2) is 5.96 Å². The fraction of sp³-hybridized carbons (Fsp3) is 0.500. The zero-order chi connectivity index (χ0) is 15.0. The molecule has 0 aromatic heterocycles. The normalized spacial score (nSPS) is 11.8. The fourth-order valence-corrected chi connectivity index (χ4v) is 1.80. The Kier molecular flexibility index (Phi) is 9.39. The van der Waals surface area contributed by atoms with Crippen LogP contribution in [0.5, 0.6) is 0 Å². The Balaban J connectivity index is 0.00000400. The van der Waals surface area contributed by atoms with Gasteiger partial charge < -0.3 is 10.6 Å². The van der Waals surface area contributed by atoms with E-state index in [1.54, 1.807) is 0 Å². The van der Waals surface area contributed by atoms with Crippen molar-refractivity contribution in [1.82, 2.24) is 10.6 Å². The van der Waals surface area contributed by atoms with Crippen molar-refractivity contribution in [2.75, 3.05) is 13.6 Å². The van der Waals surface area contributed by atoms with Crippen molar-refractivity contribution < 1.29 is 13.2 Å². The first-order chi connectivity index (χ1) is 9.46. The number of aliphatic imine (C=N–C) groups is 1. The number of aryl methyl sites for hydroxylation is 1. The van der Waals surface area contributed by atoms with Gasteiger partial charge in [0, 0.05) is 20.1 Å². The number of hydrogen-bond acceptors (Lipinski definition) is 1. The Hall–Kier alpha value is -0.990. The van der Waals surface area contributed by atoms with Gasteiger partial charge in [-0.25, -0.2) is 0 Å². The Bertz CT molecular complexity index is 447. The van der Waals surface area contributed by atoms with Crippen LogP contribution in [0.2, 0.25) is 0 Å². The molecule has 21 heavy (non-hydrogen) atoms. The van der Waals surface area contributed by atoms with Crippen molar-refractivity contribution in [3.05, 3.63) is 35.4 Å². The molecular weight excluding hydrogens is 394 g/mol. The predicted molar refractivity (Wildman–Crippen MR) is 90.1 cm³/mol. The molecule has 0 spiro atoms. The Morgan fingerprint density at radius 3 is 2.29 bits per heavy atom. The highest BCUT2D eigenvalue weighted by atomic mass is 127. The van der Waals surface area contributed by atoms with Crippen molar-refractivity contribution in [1.29, 1.82) is 0 Å². The maximum Gasteiger partial charge on any atom is 0.390 e. The van der Waals surface area contributed by atoms with Crippen LogP contribution in [0.1, 0.15) is 24.5 Å². The summed E-state index contributed by atoms with van der Waals surface area (Å²) >= 11 is 0. The molecule has 0 fully saturated rings. The van der Waals surface area contributed by atoms with E-state index in [9.17, 15) is 13.2 Å². The maximum atomic E-state index is 12.1. The highest BCUT2D eigenvalue weighted by Crippen LogP contribution is 2.18. The lowest BCUT2D eigenvalue weighted by molar-refractivity contribution is -0.132. The number of nitrogens with zero attached hydrogens (tertiary/aromatic N) is 1. The Morgan fingerprint density at radius 1 is 1.14 bits per heavy atom. The second-order valence-electron chi connectivity index (χ2n) is 4.34. The van der Waals surface area contributed by atoms with E-state index in [2.05, 4.69) is 22.5 Å². The quantitative estimate of drug-likeness (QED) is 0.439. The minimum absolute atomic E-state index is 0. The first kappa shape index (κ1) is 20.0. The largest absolute Gasteiger partial charge is 0.390 e. The molecule has 7 heteroatoms. The molecule has 1 rings (SSSR count). The van der Waals surface area contributed by atoms with Gasteiger partial charge in [0.2, 0.25) is 0 Å². The van der Waals surface area contributed by atoms with E-state index < -0.39 is 12.6 Å². The molecule has 1 aromatic carbocycles. The summed E-state index contributed by atoms with van der Waals surface area (Å²) in [6.45, 7) is 2.42. The summed E-state index contributed by atoms with van der Waals surface area (Å²) in [4.78, 5) is 3.91. The molecule has 0 radical (unpaired) electrons. The molecular formula is C14H21F3IN3. The lowest BCUT2D eigenvalue weighted by atomic mass is 10.1. The van der Waals surface area contributed by atoms with E-state index in [1.807, 2.05) is 24.3 Å². The summed E-state index contributed by atoms with van der Waals surface area (Å²) in [5.41, 5.74) is 2.33. The Morgan fingerprint density at radius 2 is 1.76 bits per heavy atom. The van der Waals surface area contributed by atoms with Crippen LogP contribution in [0.3, 0.4) is 0 Å². The van der Waals surface area contributed by atoms with Crippen LogP contribution < -0.4 is 10.6 Å². The highest BCUT2D eigenvalue weighted by molar-refractivity contribution is 14.0. The number of alkyl halides is 3. The summed E-state index contributed by atoms with van der Waals surface area (Å²) in [5.74, 6) is 0.375. The molecule has 0 aliphatic heterocycles. The molecule has 0 saturated heterocycles. The number of rotatable bonds is 5. The van der Waals surface area contributed by atoms with Gasteiger partial charge in [0.05, 0.1) is 6.42 Å². The van der Waals surface area contributed by atoms with E-state index in [-0.39, 0.29) is 30.5 Å². The molecule has 0 amide bonds. The Labute approximate surface area is 140 Å². The van der Waals surface area contributed by atoms with Crippen LogP contribution in [0.25, 0.3) is 0 Å². The molecule has 0 aliphatic carbocycles. The molecule has 3 nitrogen and oxygen atoms in total. The summed E-state index contributed by atoms with van der Waals surface area (Å²) in [6.07, 6.45) is -4.11. The van der Waals surface area contributed by atoms with Crippen molar-refractivity contribution in [3.63, 3.8) is 0 Å². The van der Waals surface area contributed by atoms with Crippen LogP contribution in [-0.4, -0.2) is 25.7 Å².